The zero-order valence-corrected chi connectivity index (χ0v) is 12.8. The number of carbonyl (C=O) groups excluding carboxylic acids is 1. The van der Waals surface area contributed by atoms with E-state index in [0.29, 0.717) is 6.54 Å². The highest BCUT2D eigenvalue weighted by Gasteiger charge is 2.26. The summed E-state index contributed by atoms with van der Waals surface area (Å²) in [7, 11) is 1.69. The average molecular weight is 295 g/mol. The number of likely N-dealkylation sites (tertiary alicyclic amines) is 1. The van der Waals surface area contributed by atoms with Crippen molar-refractivity contribution in [1.29, 1.82) is 0 Å². The number of aliphatic hydroxyl groups is 1. The van der Waals surface area contributed by atoms with E-state index in [2.05, 4.69) is 10.2 Å². The maximum absolute atomic E-state index is 12.1. The average Bonchev–Trinajstić information content (AvgIpc) is 3.19. The Morgan fingerprint density at radius 2 is 2.24 bits per heavy atom. The zero-order chi connectivity index (χ0) is 15.2. The largest absolute Gasteiger partial charge is 0.468 e. The highest BCUT2D eigenvalue weighted by molar-refractivity contribution is 5.74. The van der Waals surface area contributed by atoms with Crippen LogP contribution in [0.15, 0.2) is 22.8 Å². The van der Waals surface area contributed by atoms with Gasteiger partial charge in [-0.25, -0.2) is 4.79 Å². The van der Waals surface area contributed by atoms with Crippen LogP contribution in [0.5, 0.6) is 0 Å². The number of furan rings is 1. The molecule has 0 spiro atoms. The van der Waals surface area contributed by atoms with Crippen LogP contribution in [-0.4, -0.2) is 60.3 Å². The summed E-state index contributed by atoms with van der Waals surface area (Å²) in [5.74, 6) is 0.884. The lowest BCUT2D eigenvalue weighted by molar-refractivity contribution is 0.151. The second-order valence-corrected chi connectivity index (χ2v) is 5.60. The molecule has 1 saturated heterocycles. The molecule has 6 heteroatoms. The van der Waals surface area contributed by atoms with Crippen molar-refractivity contribution in [1.82, 2.24) is 15.1 Å². The number of aliphatic hydroxyl groups excluding tert-OH is 1. The van der Waals surface area contributed by atoms with Crippen LogP contribution in [0.3, 0.4) is 0 Å². The Morgan fingerprint density at radius 1 is 1.52 bits per heavy atom. The third-order valence-electron chi connectivity index (χ3n) is 4.15. The molecule has 2 amide bonds. The summed E-state index contributed by atoms with van der Waals surface area (Å²) in [6.45, 7) is 4.34. The molecular formula is C15H25N3O3. The van der Waals surface area contributed by atoms with Gasteiger partial charge in [0.15, 0.2) is 0 Å². The van der Waals surface area contributed by atoms with Crippen molar-refractivity contribution in [2.75, 3.05) is 33.3 Å². The quantitative estimate of drug-likeness (QED) is 0.833. The van der Waals surface area contributed by atoms with E-state index in [4.69, 9.17) is 9.52 Å². The predicted octanol–water partition coefficient (Wildman–Crippen LogP) is 1.44. The van der Waals surface area contributed by atoms with Gasteiger partial charge in [-0.1, -0.05) is 0 Å². The Bertz CT molecular complexity index is 429. The number of nitrogens with one attached hydrogen (secondary N) is 1. The van der Waals surface area contributed by atoms with Crippen molar-refractivity contribution >= 4 is 6.03 Å². The van der Waals surface area contributed by atoms with Crippen LogP contribution in [0.25, 0.3) is 0 Å². The Hall–Kier alpha value is -1.53. The van der Waals surface area contributed by atoms with Crippen LogP contribution in [0.4, 0.5) is 4.79 Å². The van der Waals surface area contributed by atoms with E-state index in [1.165, 1.54) is 17.7 Å². The van der Waals surface area contributed by atoms with Gasteiger partial charge in [0, 0.05) is 13.6 Å². The summed E-state index contributed by atoms with van der Waals surface area (Å²) in [6.07, 6.45) is 4.04. The molecule has 1 aromatic heterocycles. The van der Waals surface area contributed by atoms with E-state index in [1.807, 2.05) is 19.1 Å². The molecule has 2 unspecified atom stereocenters. The van der Waals surface area contributed by atoms with Gasteiger partial charge >= 0.3 is 6.03 Å². The Balaban J connectivity index is 1.95. The van der Waals surface area contributed by atoms with Gasteiger partial charge in [-0.05, 0) is 45.0 Å². The minimum atomic E-state index is -0.196. The maximum atomic E-state index is 12.1. The third-order valence-corrected chi connectivity index (χ3v) is 4.15. The van der Waals surface area contributed by atoms with Crippen LogP contribution in [0.1, 0.15) is 31.6 Å². The molecule has 0 aliphatic carbocycles. The molecule has 0 aromatic carbocycles. The van der Waals surface area contributed by atoms with Crippen LogP contribution < -0.4 is 5.32 Å². The number of amides is 2. The van der Waals surface area contributed by atoms with E-state index in [9.17, 15) is 4.79 Å². The summed E-state index contributed by atoms with van der Waals surface area (Å²) in [5.41, 5.74) is 0. The van der Waals surface area contributed by atoms with Crippen LogP contribution in [0.2, 0.25) is 0 Å². The molecule has 21 heavy (non-hydrogen) atoms. The highest BCUT2D eigenvalue weighted by atomic mass is 16.3. The molecule has 2 N–H and O–H groups in total. The molecule has 0 saturated carbocycles. The van der Waals surface area contributed by atoms with Gasteiger partial charge in [-0.2, -0.15) is 0 Å². The molecule has 1 aliphatic heterocycles. The lowest BCUT2D eigenvalue weighted by Gasteiger charge is -2.28. The van der Waals surface area contributed by atoms with Gasteiger partial charge < -0.3 is 19.7 Å². The lowest BCUT2D eigenvalue weighted by atomic mass is 10.2. The topological polar surface area (TPSA) is 69.0 Å². The first-order chi connectivity index (χ1) is 10.1. The molecule has 2 heterocycles. The Labute approximate surface area is 125 Å². The normalized spacial score (nSPS) is 18.4. The van der Waals surface area contributed by atoms with Gasteiger partial charge in [-0.15, -0.1) is 0 Å². The molecule has 2 rings (SSSR count). The van der Waals surface area contributed by atoms with Gasteiger partial charge in [0.05, 0.1) is 25.0 Å². The van der Waals surface area contributed by atoms with Crippen LogP contribution >= 0.6 is 0 Å². The van der Waals surface area contributed by atoms with Gasteiger partial charge in [0.25, 0.3) is 0 Å². The molecule has 0 radical (unpaired) electrons. The number of hydrogen-bond donors (Lipinski definition) is 2. The number of likely N-dealkylation sites (N-methyl/N-ethyl adjacent to an activating group) is 1. The maximum Gasteiger partial charge on any atom is 0.317 e. The minimum Gasteiger partial charge on any atom is -0.468 e. The van der Waals surface area contributed by atoms with E-state index in [-0.39, 0.29) is 24.7 Å². The zero-order valence-electron chi connectivity index (χ0n) is 12.8. The van der Waals surface area contributed by atoms with Crippen molar-refractivity contribution in [3.8, 4) is 0 Å². The van der Waals surface area contributed by atoms with Crippen molar-refractivity contribution in [2.24, 2.45) is 0 Å². The van der Waals surface area contributed by atoms with E-state index >= 15 is 0 Å². The first-order valence-electron chi connectivity index (χ1n) is 7.52. The Morgan fingerprint density at radius 3 is 2.81 bits per heavy atom. The third kappa shape index (κ3) is 3.98. The molecule has 1 aliphatic rings. The van der Waals surface area contributed by atoms with Crippen LogP contribution in [-0.2, 0) is 0 Å². The summed E-state index contributed by atoms with van der Waals surface area (Å²) >= 11 is 0. The van der Waals surface area contributed by atoms with Gasteiger partial charge in [0.1, 0.15) is 5.76 Å². The summed E-state index contributed by atoms with van der Waals surface area (Å²) < 4.78 is 5.52. The van der Waals surface area contributed by atoms with E-state index < -0.39 is 0 Å². The number of nitrogens with zero attached hydrogens (tertiary/aromatic N) is 2. The van der Waals surface area contributed by atoms with Gasteiger partial charge in [-0.3, -0.25) is 4.90 Å². The fourth-order valence-electron chi connectivity index (χ4n) is 2.58. The van der Waals surface area contributed by atoms with Gasteiger partial charge in [0.2, 0.25) is 0 Å². The monoisotopic (exact) mass is 295 g/mol. The summed E-state index contributed by atoms with van der Waals surface area (Å²) in [4.78, 5) is 15.9. The van der Waals surface area contributed by atoms with Crippen molar-refractivity contribution in [3.63, 3.8) is 0 Å². The molecule has 0 bridgehead atoms. The summed E-state index contributed by atoms with van der Waals surface area (Å²) in [6, 6.07) is 3.53. The SMILES string of the molecule is CC(CO)N(C)C(=O)NCC(c1ccco1)N1CCCC1. The van der Waals surface area contributed by atoms with Crippen molar-refractivity contribution < 1.29 is 14.3 Å². The van der Waals surface area contributed by atoms with Crippen LogP contribution in [0, 0.1) is 0 Å². The molecule has 6 nitrogen and oxygen atoms in total. The molecule has 1 fully saturated rings. The molecule has 118 valence electrons. The minimum absolute atomic E-state index is 0.0440. The van der Waals surface area contributed by atoms with Crippen molar-refractivity contribution in [2.45, 2.75) is 31.8 Å². The molecular weight excluding hydrogens is 270 g/mol. The second kappa shape index (κ2) is 7.47. The van der Waals surface area contributed by atoms with E-state index in [1.54, 1.807) is 13.3 Å². The van der Waals surface area contributed by atoms with Crippen molar-refractivity contribution in [3.05, 3.63) is 24.2 Å². The number of hydrogen-bond acceptors (Lipinski definition) is 4. The molecule has 1 aromatic rings. The Kier molecular flexibility index (Phi) is 5.64. The first kappa shape index (κ1) is 15.9. The van der Waals surface area contributed by atoms with E-state index in [0.717, 1.165) is 18.8 Å². The fraction of sp³-hybridized carbons (Fsp3) is 0.667. The smallest absolute Gasteiger partial charge is 0.317 e. The summed E-state index contributed by atoms with van der Waals surface area (Å²) in [5, 5.41) is 12.0. The lowest BCUT2D eigenvalue weighted by Crippen LogP contribution is -2.46. The number of urea groups is 1. The second-order valence-electron chi connectivity index (χ2n) is 5.60. The number of rotatable bonds is 6. The fourth-order valence-corrected chi connectivity index (χ4v) is 2.58. The predicted molar refractivity (Wildman–Crippen MR) is 80.0 cm³/mol. The highest BCUT2D eigenvalue weighted by Crippen LogP contribution is 2.24. The first-order valence-corrected chi connectivity index (χ1v) is 7.52. The standard InChI is InChI=1S/C15H25N3O3/c1-12(11-19)17(2)15(20)16-10-13(14-6-5-9-21-14)18-7-3-4-8-18/h5-6,9,12-13,19H,3-4,7-8,10-11H2,1-2H3,(H,16,20). The molecule has 2 atom stereocenters. The number of carbonyl (C=O) groups is 1.